The van der Waals surface area contributed by atoms with Gasteiger partial charge in [-0.15, -0.1) is 0 Å². The molecule has 0 N–H and O–H groups in total. The second-order valence-corrected chi connectivity index (χ2v) is 6.65. The topological polar surface area (TPSA) is 63.7 Å². The summed E-state index contributed by atoms with van der Waals surface area (Å²) >= 11 is 0. The Morgan fingerprint density at radius 3 is 2.35 bits per heavy atom. The maximum atomic E-state index is 12.4. The number of amides is 2. The first-order valence-electron chi connectivity index (χ1n) is 8.55. The number of esters is 1. The molecule has 0 bridgehead atoms. The zero-order chi connectivity index (χ0) is 18.8. The Morgan fingerprint density at radius 1 is 0.923 bits per heavy atom. The van der Waals surface area contributed by atoms with E-state index < -0.39 is 5.97 Å². The molecule has 0 atom stereocenters. The highest BCUT2D eigenvalue weighted by molar-refractivity contribution is 6.21. The summed E-state index contributed by atoms with van der Waals surface area (Å²) in [5.41, 5.74) is 4.82. The van der Waals surface area contributed by atoms with Crippen LogP contribution in [-0.2, 0) is 16.1 Å². The Bertz CT molecular complexity index is 901. The first-order chi connectivity index (χ1) is 12.4. The van der Waals surface area contributed by atoms with Gasteiger partial charge in [0.15, 0.2) is 0 Å². The van der Waals surface area contributed by atoms with Crippen LogP contribution in [0, 0.1) is 20.8 Å². The Labute approximate surface area is 152 Å². The molecule has 0 radical (unpaired) electrons. The summed E-state index contributed by atoms with van der Waals surface area (Å²) in [6, 6.07) is 11.1. The molecule has 0 saturated heterocycles. The van der Waals surface area contributed by atoms with Crippen molar-refractivity contribution < 1.29 is 19.1 Å². The van der Waals surface area contributed by atoms with Crippen molar-refractivity contribution in [1.29, 1.82) is 0 Å². The second-order valence-electron chi connectivity index (χ2n) is 6.65. The van der Waals surface area contributed by atoms with E-state index in [1.54, 1.807) is 18.2 Å². The lowest BCUT2D eigenvalue weighted by Gasteiger charge is -2.13. The molecule has 2 aromatic carbocycles. The molecule has 1 heterocycles. The lowest BCUT2D eigenvalue weighted by atomic mass is 10.1. The van der Waals surface area contributed by atoms with Gasteiger partial charge in [0.05, 0.1) is 17.5 Å². The molecule has 0 aromatic heterocycles. The number of benzene rings is 2. The Hall–Kier alpha value is -2.95. The maximum absolute atomic E-state index is 12.4. The van der Waals surface area contributed by atoms with Crippen LogP contribution in [0.15, 0.2) is 36.4 Å². The standard InChI is InChI=1S/C21H21NO4/c1-13-4-6-15(3)16(10-13)12-26-19(23)8-9-22-20(24)17-7-5-14(2)11-18(17)21(22)25/h4-7,10-11H,8-9,12H2,1-3H3. The molecule has 0 saturated carbocycles. The number of ether oxygens (including phenoxy) is 1. The normalized spacial score (nSPS) is 13.1. The van der Waals surface area contributed by atoms with E-state index in [1.165, 1.54) is 0 Å². The van der Waals surface area contributed by atoms with E-state index in [0.29, 0.717) is 11.1 Å². The molecule has 2 aromatic rings. The Balaban J connectivity index is 1.58. The SMILES string of the molecule is Cc1ccc(C)c(COC(=O)CCN2C(=O)c3ccc(C)cc3C2=O)c1. The monoisotopic (exact) mass is 351 g/mol. The molecule has 0 fully saturated rings. The van der Waals surface area contributed by atoms with Crippen molar-refractivity contribution in [3.05, 3.63) is 69.8 Å². The van der Waals surface area contributed by atoms with Gasteiger partial charge in [-0.05, 0) is 44.0 Å². The lowest BCUT2D eigenvalue weighted by molar-refractivity contribution is -0.145. The first-order valence-corrected chi connectivity index (χ1v) is 8.55. The average Bonchev–Trinajstić information content (AvgIpc) is 2.84. The van der Waals surface area contributed by atoms with Crippen LogP contribution in [0.4, 0.5) is 0 Å². The highest BCUT2D eigenvalue weighted by atomic mass is 16.5. The number of nitrogens with zero attached hydrogens (tertiary/aromatic N) is 1. The van der Waals surface area contributed by atoms with Gasteiger partial charge < -0.3 is 4.74 Å². The number of fused-ring (bicyclic) bond motifs is 1. The van der Waals surface area contributed by atoms with Crippen LogP contribution < -0.4 is 0 Å². The molecule has 5 heteroatoms. The van der Waals surface area contributed by atoms with Crippen molar-refractivity contribution >= 4 is 17.8 Å². The van der Waals surface area contributed by atoms with Crippen molar-refractivity contribution in [2.75, 3.05) is 6.54 Å². The molecule has 0 unspecified atom stereocenters. The fourth-order valence-corrected chi connectivity index (χ4v) is 3.00. The minimum atomic E-state index is -0.432. The van der Waals surface area contributed by atoms with Crippen molar-refractivity contribution in [3.63, 3.8) is 0 Å². The summed E-state index contributed by atoms with van der Waals surface area (Å²) in [6.07, 6.45) is -0.0185. The summed E-state index contributed by atoms with van der Waals surface area (Å²) < 4.78 is 5.30. The number of aryl methyl sites for hydroxylation is 3. The van der Waals surface area contributed by atoms with E-state index in [9.17, 15) is 14.4 Å². The molecule has 134 valence electrons. The fourth-order valence-electron chi connectivity index (χ4n) is 3.00. The summed E-state index contributed by atoms with van der Waals surface area (Å²) in [7, 11) is 0. The zero-order valence-corrected chi connectivity index (χ0v) is 15.2. The molecule has 26 heavy (non-hydrogen) atoms. The van der Waals surface area contributed by atoms with E-state index >= 15 is 0 Å². The predicted octanol–water partition coefficient (Wildman–Crippen LogP) is 3.34. The molecule has 1 aliphatic rings. The lowest BCUT2D eigenvalue weighted by Crippen LogP contribution is -2.32. The second kappa shape index (κ2) is 7.12. The third-order valence-electron chi connectivity index (χ3n) is 4.56. The number of rotatable bonds is 5. The molecule has 5 nitrogen and oxygen atoms in total. The quantitative estimate of drug-likeness (QED) is 0.612. The minimum absolute atomic E-state index is 0.0185. The summed E-state index contributed by atoms with van der Waals surface area (Å²) in [4.78, 5) is 37.9. The summed E-state index contributed by atoms with van der Waals surface area (Å²) in [6.45, 7) is 6.02. The number of hydrogen-bond acceptors (Lipinski definition) is 4. The van der Waals surface area contributed by atoms with Gasteiger partial charge >= 0.3 is 5.97 Å². The van der Waals surface area contributed by atoms with Crippen molar-refractivity contribution in [2.45, 2.75) is 33.8 Å². The van der Waals surface area contributed by atoms with Crippen molar-refractivity contribution in [2.24, 2.45) is 0 Å². The molecule has 3 rings (SSSR count). The van der Waals surface area contributed by atoms with Gasteiger partial charge in [-0.25, -0.2) is 0 Å². The van der Waals surface area contributed by atoms with Gasteiger partial charge in [0.2, 0.25) is 0 Å². The van der Waals surface area contributed by atoms with Crippen LogP contribution in [0.25, 0.3) is 0 Å². The maximum Gasteiger partial charge on any atom is 0.307 e. The smallest absolute Gasteiger partial charge is 0.307 e. The molecule has 2 amide bonds. The van der Waals surface area contributed by atoms with Gasteiger partial charge in [0.25, 0.3) is 11.8 Å². The van der Waals surface area contributed by atoms with Crippen LogP contribution in [0.2, 0.25) is 0 Å². The zero-order valence-electron chi connectivity index (χ0n) is 15.2. The summed E-state index contributed by atoms with van der Waals surface area (Å²) in [5.74, 6) is -1.14. The Morgan fingerprint density at radius 2 is 1.58 bits per heavy atom. The predicted molar refractivity (Wildman–Crippen MR) is 96.9 cm³/mol. The van der Waals surface area contributed by atoms with Crippen LogP contribution in [0.5, 0.6) is 0 Å². The van der Waals surface area contributed by atoms with Crippen LogP contribution in [0.3, 0.4) is 0 Å². The number of carbonyl (C=O) groups is 3. The van der Waals surface area contributed by atoms with E-state index in [1.807, 2.05) is 39.0 Å². The van der Waals surface area contributed by atoms with Crippen LogP contribution in [0.1, 0.15) is 49.4 Å². The minimum Gasteiger partial charge on any atom is -0.461 e. The van der Waals surface area contributed by atoms with Gasteiger partial charge in [-0.1, -0.05) is 35.4 Å². The number of imide groups is 1. The molecular weight excluding hydrogens is 330 g/mol. The van der Waals surface area contributed by atoms with Gasteiger partial charge in [-0.3, -0.25) is 19.3 Å². The third-order valence-corrected chi connectivity index (χ3v) is 4.56. The number of hydrogen-bond donors (Lipinski definition) is 0. The molecular formula is C21H21NO4. The van der Waals surface area contributed by atoms with Gasteiger partial charge in [0.1, 0.15) is 6.61 Å². The summed E-state index contributed by atoms with van der Waals surface area (Å²) in [5, 5.41) is 0. The highest BCUT2D eigenvalue weighted by Crippen LogP contribution is 2.24. The highest BCUT2D eigenvalue weighted by Gasteiger charge is 2.35. The largest absolute Gasteiger partial charge is 0.461 e. The third kappa shape index (κ3) is 3.52. The van der Waals surface area contributed by atoms with Crippen LogP contribution in [-0.4, -0.2) is 29.2 Å². The van der Waals surface area contributed by atoms with E-state index in [4.69, 9.17) is 4.74 Å². The first kappa shape index (κ1) is 17.9. The van der Waals surface area contributed by atoms with Gasteiger partial charge in [-0.2, -0.15) is 0 Å². The number of carbonyl (C=O) groups excluding carboxylic acids is 3. The van der Waals surface area contributed by atoms with Crippen LogP contribution >= 0.6 is 0 Å². The van der Waals surface area contributed by atoms with E-state index in [2.05, 4.69) is 0 Å². The van der Waals surface area contributed by atoms with Gasteiger partial charge in [0, 0.05) is 6.54 Å². The molecule has 0 spiro atoms. The van der Waals surface area contributed by atoms with E-state index in [0.717, 1.165) is 27.2 Å². The van der Waals surface area contributed by atoms with Crippen molar-refractivity contribution in [3.8, 4) is 0 Å². The molecule has 1 aliphatic heterocycles. The average molecular weight is 351 g/mol. The Kier molecular flexibility index (Phi) is 4.89. The van der Waals surface area contributed by atoms with E-state index in [-0.39, 0.29) is 31.4 Å². The fraction of sp³-hybridized carbons (Fsp3) is 0.286. The molecule has 0 aliphatic carbocycles. The van der Waals surface area contributed by atoms with Crippen molar-refractivity contribution in [1.82, 2.24) is 4.90 Å².